The molecule has 1 fully saturated rings. The predicted octanol–water partition coefficient (Wildman–Crippen LogP) is 6.71. The summed E-state index contributed by atoms with van der Waals surface area (Å²) >= 11 is 16.4. The molecule has 6 nitrogen and oxygen atoms in total. The number of hydrogen-bond donors (Lipinski definition) is 0. The molecule has 1 aliphatic heterocycles. The smallest absolute Gasteiger partial charge is 0.266 e. The number of amidine groups is 1. The van der Waals surface area contributed by atoms with Gasteiger partial charge in [-0.25, -0.2) is 9.98 Å². The molecule has 1 aromatic heterocycles. The molecule has 32 heavy (non-hydrogen) atoms. The number of hydrogen-bond acceptors (Lipinski definition) is 6. The van der Waals surface area contributed by atoms with E-state index in [9.17, 15) is 9.18 Å². The SMILES string of the molecule is CN1C(=O)/C(=C/c2cccc(Oc3nc(Cl)ncc3F)c2)SC1=Nc1ccc(Br)c(Cl)c1. The van der Waals surface area contributed by atoms with Gasteiger partial charge in [0.2, 0.25) is 11.1 Å². The molecule has 0 radical (unpaired) electrons. The van der Waals surface area contributed by atoms with Crippen molar-refractivity contribution in [3.63, 3.8) is 0 Å². The Morgan fingerprint density at radius 2 is 2.06 bits per heavy atom. The van der Waals surface area contributed by atoms with Gasteiger partial charge in [0.15, 0.2) is 5.17 Å². The number of carbonyl (C=O) groups excluding carboxylic acids is 1. The Hall–Kier alpha value is -2.46. The van der Waals surface area contributed by atoms with Crippen molar-refractivity contribution < 1.29 is 13.9 Å². The van der Waals surface area contributed by atoms with Gasteiger partial charge in [-0.15, -0.1) is 0 Å². The fourth-order valence-corrected chi connectivity index (χ4v) is 4.18. The maximum Gasteiger partial charge on any atom is 0.266 e. The van der Waals surface area contributed by atoms with Crippen LogP contribution in [-0.4, -0.2) is 33.0 Å². The summed E-state index contributed by atoms with van der Waals surface area (Å²) in [5, 5.41) is 0.914. The van der Waals surface area contributed by atoms with Crippen molar-refractivity contribution in [3.8, 4) is 11.6 Å². The van der Waals surface area contributed by atoms with Crippen molar-refractivity contribution in [1.82, 2.24) is 14.9 Å². The lowest BCUT2D eigenvalue weighted by Gasteiger charge is -2.07. The molecule has 0 unspecified atom stereocenters. The number of carbonyl (C=O) groups is 1. The summed E-state index contributed by atoms with van der Waals surface area (Å²) in [4.78, 5) is 26.4. The molecule has 0 N–H and O–H groups in total. The van der Waals surface area contributed by atoms with E-state index in [-0.39, 0.29) is 17.1 Å². The van der Waals surface area contributed by atoms with Crippen LogP contribution in [-0.2, 0) is 4.79 Å². The second-order valence-corrected chi connectivity index (χ2v) is 9.04. The number of halogens is 4. The molecular formula is C21H12BrCl2FN4O2S. The third-order valence-corrected chi connectivity index (χ3v) is 6.66. The lowest BCUT2D eigenvalue weighted by molar-refractivity contribution is -0.121. The number of rotatable bonds is 4. The summed E-state index contributed by atoms with van der Waals surface area (Å²) in [6.07, 6.45) is 2.64. The third-order valence-electron chi connectivity index (χ3n) is 4.18. The van der Waals surface area contributed by atoms with Gasteiger partial charge in [-0.1, -0.05) is 23.7 Å². The van der Waals surface area contributed by atoms with Crippen LogP contribution in [0, 0.1) is 5.82 Å². The number of likely N-dealkylation sites (N-methyl/N-ethyl adjacent to an activating group) is 1. The van der Waals surface area contributed by atoms with Gasteiger partial charge >= 0.3 is 0 Å². The maximum atomic E-state index is 13.8. The quantitative estimate of drug-likeness (QED) is 0.265. The molecule has 2 heterocycles. The minimum Gasteiger partial charge on any atom is -0.436 e. The van der Waals surface area contributed by atoms with Crippen molar-refractivity contribution in [3.05, 3.63) is 79.7 Å². The largest absolute Gasteiger partial charge is 0.436 e. The molecular weight excluding hydrogens is 542 g/mol. The fourth-order valence-electron chi connectivity index (χ4n) is 2.65. The summed E-state index contributed by atoms with van der Waals surface area (Å²) in [5.74, 6) is -0.897. The van der Waals surface area contributed by atoms with Gasteiger partial charge in [0.1, 0.15) is 5.75 Å². The minimum absolute atomic E-state index is 0.130. The Morgan fingerprint density at radius 3 is 2.84 bits per heavy atom. The van der Waals surface area contributed by atoms with Crippen LogP contribution in [0.1, 0.15) is 5.56 Å². The van der Waals surface area contributed by atoms with E-state index in [1.165, 1.54) is 16.7 Å². The standard InChI is InChI=1S/C21H12BrCl2FN4O2S/c1-29-19(30)17(32-21(29)27-12-5-6-14(22)15(23)9-12)8-11-3-2-4-13(7-11)31-18-16(25)10-26-20(24)28-18/h2-10H,1H3/b17-8-,27-21?. The molecule has 1 saturated heterocycles. The second kappa shape index (κ2) is 9.58. The number of aliphatic imine (C=N–C) groups is 1. The van der Waals surface area contributed by atoms with Gasteiger partial charge in [-0.2, -0.15) is 9.37 Å². The summed E-state index contributed by atoms with van der Waals surface area (Å²) in [7, 11) is 1.65. The first kappa shape index (κ1) is 22.7. The average molecular weight is 554 g/mol. The predicted molar refractivity (Wildman–Crippen MR) is 128 cm³/mol. The number of nitrogens with zero attached hydrogens (tertiary/aromatic N) is 4. The summed E-state index contributed by atoms with van der Waals surface area (Å²) in [5.41, 5.74) is 1.31. The number of amides is 1. The highest BCUT2D eigenvalue weighted by molar-refractivity contribution is 9.10. The van der Waals surface area contributed by atoms with Gasteiger partial charge in [0, 0.05) is 11.5 Å². The number of thioether (sulfide) groups is 1. The van der Waals surface area contributed by atoms with E-state index in [0.717, 1.165) is 10.7 Å². The zero-order chi connectivity index (χ0) is 22.8. The van der Waals surface area contributed by atoms with Crippen LogP contribution in [0.4, 0.5) is 10.1 Å². The lowest BCUT2D eigenvalue weighted by atomic mass is 10.2. The number of ether oxygens (including phenoxy) is 1. The molecule has 0 aliphatic carbocycles. The number of aromatic nitrogens is 2. The zero-order valence-corrected chi connectivity index (χ0v) is 20.1. The fraction of sp³-hybridized carbons (Fsp3) is 0.0476. The monoisotopic (exact) mass is 552 g/mol. The van der Waals surface area contributed by atoms with Crippen LogP contribution in [0.3, 0.4) is 0 Å². The average Bonchev–Trinajstić information content (AvgIpc) is 3.01. The van der Waals surface area contributed by atoms with Crippen LogP contribution in [0.5, 0.6) is 11.6 Å². The molecule has 2 aromatic carbocycles. The van der Waals surface area contributed by atoms with Gasteiger partial charge < -0.3 is 4.74 Å². The molecule has 11 heteroatoms. The van der Waals surface area contributed by atoms with E-state index < -0.39 is 5.82 Å². The first-order valence-corrected chi connectivity index (χ1v) is 11.3. The molecule has 4 rings (SSSR count). The van der Waals surface area contributed by atoms with E-state index in [1.54, 1.807) is 55.6 Å². The maximum absolute atomic E-state index is 13.8. The minimum atomic E-state index is -0.741. The normalized spacial score (nSPS) is 16.3. The van der Waals surface area contributed by atoms with Crippen molar-refractivity contribution in [2.45, 2.75) is 0 Å². The summed E-state index contributed by atoms with van der Waals surface area (Å²) in [6.45, 7) is 0. The zero-order valence-electron chi connectivity index (χ0n) is 16.2. The summed E-state index contributed by atoms with van der Waals surface area (Å²) in [6, 6.07) is 12.1. The van der Waals surface area contributed by atoms with E-state index >= 15 is 0 Å². The Labute approximate surface area is 205 Å². The van der Waals surface area contributed by atoms with Crippen molar-refractivity contribution in [2.75, 3.05) is 7.05 Å². The van der Waals surface area contributed by atoms with Crippen LogP contribution in [0.15, 0.2) is 63.0 Å². The van der Waals surface area contributed by atoms with Crippen molar-refractivity contribution in [1.29, 1.82) is 0 Å². The van der Waals surface area contributed by atoms with Crippen LogP contribution in [0.25, 0.3) is 6.08 Å². The lowest BCUT2D eigenvalue weighted by Crippen LogP contribution is -2.23. The Morgan fingerprint density at radius 1 is 1.25 bits per heavy atom. The highest BCUT2D eigenvalue weighted by Gasteiger charge is 2.30. The number of benzene rings is 2. The molecule has 0 bridgehead atoms. The molecule has 3 aromatic rings. The molecule has 1 aliphatic rings. The molecule has 0 atom stereocenters. The Kier molecular flexibility index (Phi) is 6.80. The van der Waals surface area contributed by atoms with Crippen LogP contribution < -0.4 is 4.74 Å². The van der Waals surface area contributed by atoms with Gasteiger partial charge in [0.05, 0.1) is 21.8 Å². The van der Waals surface area contributed by atoms with Crippen molar-refractivity contribution >= 4 is 73.7 Å². The highest BCUT2D eigenvalue weighted by Crippen LogP contribution is 2.35. The Balaban J connectivity index is 1.58. The van der Waals surface area contributed by atoms with E-state index in [4.69, 9.17) is 27.9 Å². The first-order chi connectivity index (χ1) is 15.3. The topological polar surface area (TPSA) is 67.7 Å². The van der Waals surface area contributed by atoms with E-state index in [0.29, 0.717) is 32.1 Å². The van der Waals surface area contributed by atoms with Crippen LogP contribution in [0.2, 0.25) is 10.3 Å². The van der Waals surface area contributed by atoms with Gasteiger partial charge in [-0.3, -0.25) is 9.69 Å². The van der Waals surface area contributed by atoms with E-state index in [1.807, 2.05) is 0 Å². The molecule has 0 spiro atoms. The molecule has 162 valence electrons. The molecule has 1 amide bonds. The van der Waals surface area contributed by atoms with Gasteiger partial charge in [0.25, 0.3) is 11.8 Å². The third kappa shape index (κ3) is 5.12. The second-order valence-electron chi connectivity index (χ2n) is 6.43. The van der Waals surface area contributed by atoms with Crippen molar-refractivity contribution in [2.24, 2.45) is 4.99 Å². The highest BCUT2D eigenvalue weighted by atomic mass is 79.9. The Bertz CT molecular complexity index is 1290. The molecule has 0 saturated carbocycles. The van der Waals surface area contributed by atoms with E-state index in [2.05, 4.69) is 30.9 Å². The first-order valence-electron chi connectivity index (χ1n) is 8.97. The van der Waals surface area contributed by atoms with Gasteiger partial charge in [-0.05, 0) is 81.3 Å². The summed E-state index contributed by atoms with van der Waals surface area (Å²) < 4.78 is 20.1. The van der Waals surface area contributed by atoms with Crippen LogP contribution >= 0.6 is 50.9 Å².